The summed E-state index contributed by atoms with van der Waals surface area (Å²) in [7, 11) is 0. The largest absolute Gasteiger partial charge is 0.326 e. The summed E-state index contributed by atoms with van der Waals surface area (Å²) in [6.45, 7) is 6.01. The second-order valence-electron chi connectivity index (χ2n) is 6.37. The smallest absolute Gasteiger partial charge is 0.226 e. The van der Waals surface area contributed by atoms with Crippen LogP contribution in [0.15, 0.2) is 42.5 Å². The zero-order chi connectivity index (χ0) is 19.3. The monoisotopic (exact) mass is 392 g/mol. The molecule has 0 bridgehead atoms. The lowest BCUT2D eigenvalue weighted by Crippen LogP contribution is -2.31. The number of carbonyl (C=O) groups is 2. The third-order valence-corrected chi connectivity index (χ3v) is 4.40. The van der Waals surface area contributed by atoms with Crippen LogP contribution in [0, 0.1) is 0 Å². The minimum absolute atomic E-state index is 0.110. The number of benzene rings is 2. The van der Waals surface area contributed by atoms with Crippen LogP contribution in [0.2, 0.25) is 10.0 Å². The van der Waals surface area contributed by atoms with E-state index in [0.29, 0.717) is 21.7 Å². The highest BCUT2D eigenvalue weighted by Crippen LogP contribution is 2.23. The van der Waals surface area contributed by atoms with E-state index in [1.165, 1.54) is 12.5 Å². The Morgan fingerprint density at radius 3 is 2.12 bits per heavy atom. The fourth-order valence-electron chi connectivity index (χ4n) is 2.57. The molecule has 2 aromatic carbocycles. The van der Waals surface area contributed by atoms with Gasteiger partial charge in [0.05, 0.1) is 0 Å². The maximum Gasteiger partial charge on any atom is 0.226 e. The normalized spacial score (nSPS) is 10.7. The number of rotatable bonds is 6. The molecule has 0 atom stereocenters. The van der Waals surface area contributed by atoms with Gasteiger partial charge in [-0.3, -0.25) is 9.59 Å². The van der Waals surface area contributed by atoms with E-state index < -0.39 is 0 Å². The Morgan fingerprint density at radius 1 is 1.04 bits per heavy atom. The SMILES string of the molecule is CC(=O)N(CCC(=O)Nc1cc(Cl)cc(Cl)c1)c1ccc(C(C)C)cc1. The number of carbonyl (C=O) groups excluding carboxylic acids is 2. The number of amides is 2. The molecule has 0 aliphatic carbocycles. The Morgan fingerprint density at radius 2 is 1.62 bits per heavy atom. The predicted octanol–water partition coefficient (Wildman–Crippen LogP) is 5.50. The third kappa shape index (κ3) is 5.75. The predicted molar refractivity (Wildman–Crippen MR) is 108 cm³/mol. The molecule has 138 valence electrons. The molecule has 2 aromatic rings. The van der Waals surface area contributed by atoms with Crippen LogP contribution in [0.4, 0.5) is 11.4 Å². The van der Waals surface area contributed by atoms with Crippen molar-refractivity contribution in [3.63, 3.8) is 0 Å². The van der Waals surface area contributed by atoms with Crippen molar-refractivity contribution in [1.29, 1.82) is 0 Å². The Labute approximate surface area is 164 Å². The summed E-state index contributed by atoms with van der Waals surface area (Å²) in [5.41, 5.74) is 2.51. The van der Waals surface area contributed by atoms with Crippen molar-refractivity contribution in [2.45, 2.75) is 33.1 Å². The molecule has 0 aliphatic heterocycles. The first-order valence-electron chi connectivity index (χ1n) is 8.40. The van der Waals surface area contributed by atoms with Gasteiger partial charge in [0.25, 0.3) is 0 Å². The van der Waals surface area contributed by atoms with Crippen LogP contribution in [0.3, 0.4) is 0 Å². The van der Waals surface area contributed by atoms with Crippen molar-refractivity contribution < 1.29 is 9.59 Å². The number of hydrogen-bond donors (Lipinski definition) is 1. The minimum atomic E-state index is -0.214. The van der Waals surface area contributed by atoms with E-state index in [0.717, 1.165) is 5.69 Å². The molecule has 1 N–H and O–H groups in total. The van der Waals surface area contributed by atoms with Crippen molar-refractivity contribution in [1.82, 2.24) is 0 Å². The second kappa shape index (κ2) is 9.06. The van der Waals surface area contributed by atoms with Crippen molar-refractivity contribution in [3.8, 4) is 0 Å². The Bertz CT molecular complexity index is 769. The van der Waals surface area contributed by atoms with E-state index in [4.69, 9.17) is 23.2 Å². The quantitative estimate of drug-likeness (QED) is 0.705. The summed E-state index contributed by atoms with van der Waals surface area (Å²) in [4.78, 5) is 25.8. The molecule has 0 spiro atoms. The lowest BCUT2D eigenvalue weighted by atomic mass is 10.0. The highest BCUT2D eigenvalue weighted by Gasteiger charge is 2.14. The molecule has 0 aliphatic rings. The summed E-state index contributed by atoms with van der Waals surface area (Å²) >= 11 is 11.9. The molecule has 0 saturated heterocycles. The van der Waals surface area contributed by atoms with Gasteiger partial charge in [0.15, 0.2) is 0 Å². The van der Waals surface area contributed by atoms with E-state index in [1.54, 1.807) is 23.1 Å². The summed E-state index contributed by atoms with van der Waals surface area (Å²) in [5, 5.41) is 3.64. The maximum atomic E-state index is 12.2. The first-order chi connectivity index (χ1) is 12.3. The van der Waals surface area contributed by atoms with Crippen molar-refractivity contribution >= 4 is 46.4 Å². The highest BCUT2D eigenvalue weighted by molar-refractivity contribution is 6.35. The molecule has 0 heterocycles. The molecule has 0 aromatic heterocycles. The highest BCUT2D eigenvalue weighted by atomic mass is 35.5. The van der Waals surface area contributed by atoms with Crippen LogP contribution in [0.1, 0.15) is 38.7 Å². The van der Waals surface area contributed by atoms with Gasteiger partial charge in [-0.2, -0.15) is 0 Å². The average molecular weight is 393 g/mol. The zero-order valence-electron chi connectivity index (χ0n) is 15.1. The van der Waals surface area contributed by atoms with Crippen LogP contribution in [-0.2, 0) is 9.59 Å². The lowest BCUT2D eigenvalue weighted by molar-refractivity contribution is -0.117. The van der Waals surface area contributed by atoms with Gasteiger partial charge in [-0.05, 0) is 41.8 Å². The van der Waals surface area contributed by atoms with Gasteiger partial charge in [0, 0.05) is 41.3 Å². The summed E-state index contributed by atoms with van der Waals surface area (Å²) < 4.78 is 0. The molecular formula is C20H22Cl2N2O2. The maximum absolute atomic E-state index is 12.2. The number of nitrogens with one attached hydrogen (secondary N) is 1. The van der Waals surface area contributed by atoms with Gasteiger partial charge in [-0.25, -0.2) is 0 Å². The van der Waals surface area contributed by atoms with E-state index in [1.807, 2.05) is 24.3 Å². The zero-order valence-corrected chi connectivity index (χ0v) is 16.6. The van der Waals surface area contributed by atoms with Crippen LogP contribution in [0.5, 0.6) is 0 Å². The van der Waals surface area contributed by atoms with Crippen LogP contribution < -0.4 is 10.2 Å². The van der Waals surface area contributed by atoms with Gasteiger partial charge < -0.3 is 10.2 Å². The average Bonchev–Trinajstić information content (AvgIpc) is 2.54. The van der Waals surface area contributed by atoms with Crippen LogP contribution in [0.25, 0.3) is 0 Å². The second-order valence-corrected chi connectivity index (χ2v) is 7.25. The molecule has 4 nitrogen and oxygen atoms in total. The molecule has 2 amide bonds. The number of anilines is 2. The molecule has 0 saturated carbocycles. The van der Waals surface area contributed by atoms with Crippen LogP contribution in [-0.4, -0.2) is 18.4 Å². The molecule has 6 heteroatoms. The topological polar surface area (TPSA) is 49.4 Å². The number of halogens is 2. The van der Waals surface area contributed by atoms with Crippen molar-refractivity contribution in [3.05, 3.63) is 58.1 Å². The number of nitrogens with zero attached hydrogens (tertiary/aromatic N) is 1. The summed E-state index contributed by atoms with van der Waals surface area (Å²) in [6.07, 6.45) is 0.162. The molecular weight excluding hydrogens is 371 g/mol. The Balaban J connectivity index is 2.01. The van der Waals surface area contributed by atoms with Gasteiger partial charge in [0.2, 0.25) is 11.8 Å². The Kier molecular flexibility index (Phi) is 7.06. The number of hydrogen-bond acceptors (Lipinski definition) is 2. The van der Waals surface area contributed by atoms with Crippen molar-refractivity contribution in [2.75, 3.05) is 16.8 Å². The fourth-order valence-corrected chi connectivity index (χ4v) is 3.10. The molecule has 0 unspecified atom stereocenters. The van der Waals surface area contributed by atoms with Crippen molar-refractivity contribution in [2.24, 2.45) is 0 Å². The standard InChI is InChI=1S/C20H22Cl2N2O2/c1-13(2)15-4-6-19(7-5-15)24(14(3)25)9-8-20(26)23-18-11-16(21)10-17(22)12-18/h4-7,10-13H,8-9H2,1-3H3,(H,23,26). The van der Waals surface area contributed by atoms with E-state index in [2.05, 4.69) is 19.2 Å². The minimum Gasteiger partial charge on any atom is -0.326 e. The Hall–Kier alpha value is -2.04. The van der Waals surface area contributed by atoms with E-state index in [9.17, 15) is 9.59 Å². The fraction of sp³-hybridized carbons (Fsp3) is 0.300. The molecule has 26 heavy (non-hydrogen) atoms. The van der Waals surface area contributed by atoms with Gasteiger partial charge in [-0.15, -0.1) is 0 Å². The molecule has 0 radical (unpaired) electrons. The van der Waals surface area contributed by atoms with Crippen LogP contribution >= 0.6 is 23.2 Å². The first kappa shape index (κ1) is 20.3. The van der Waals surface area contributed by atoms with Gasteiger partial charge >= 0.3 is 0 Å². The van der Waals surface area contributed by atoms with E-state index in [-0.39, 0.29) is 24.8 Å². The first-order valence-corrected chi connectivity index (χ1v) is 9.16. The van der Waals surface area contributed by atoms with Gasteiger partial charge in [0.1, 0.15) is 0 Å². The summed E-state index contributed by atoms with van der Waals surface area (Å²) in [6, 6.07) is 12.7. The third-order valence-electron chi connectivity index (χ3n) is 3.96. The lowest BCUT2D eigenvalue weighted by Gasteiger charge is -2.21. The molecule has 0 fully saturated rings. The summed E-state index contributed by atoms with van der Waals surface area (Å²) in [5.74, 6) is 0.0967. The van der Waals surface area contributed by atoms with Gasteiger partial charge in [-0.1, -0.05) is 49.2 Å². The van der Waals surface area contributed by atoms with E-state index >= 15 is 0 Å². The molecule has 2 rings (SSSR count).